The summed E-state index contributed by atoms with van der Waals surface area (Å²) in [5.41, 5.74) is 3.69. The maximum Gasteiger partial charge on any atom is 0.0669 e. The molecule has 2 rings (SSSR count). The Kier molecular flexibility index (Phi) is 4.10. The van der Waals surface area contributed by atoms with Crippen molar-refractivity contribution in [2.24, 2.45) is 0 Å². The molecule has 0 radical (unpaired) electrons. The van der Waals surface area contributed by atoms with Crippen molar-refractivity contribution in [3.8, 4) is 0 Å². The van der Waals surface area contributed by atoms with E-state index in [1.807, 2.05) is 25.3 Å². The molecular weight excluding hydrogens is 262 g/mol. The summed E-state index contributed by atoms with van der Waals surface area (Å²) in [6.07, 6.45) is 0. The zero-order valence-electron chi connectivity index (χ0n) is 11.2. The number of halogens is 1. The summed E-state index contributed by atoms with van der Waals surface area (Å²) < 4.78 is 0. The average molecular weight is 280 g/mol. The molecule has 0 bridgehead atoms. The Morgan fingerprint density at radius 3 is 2.33 bits per heavy atom. The monoisotopic (exact) mass is 279 g/mol. The third-order valence-electron chi connectivity index (χ3n) is 3.29. The van der Waals surface area contributed by atoms with Crippen molar-refractivity contribution < 1.29 is 0 Å². The van der Waals surface area contributed by atoms with Gasteiger partial charge in [0.25, 0.3) is 0 Å². The summed E-state index contributed by atoms with van der Waals surface area (Å²) in [7, 11) is 1.99. The summed E-state index contributed by atoms with van der Waals surface area (Å²) in [6, 6.07) is 8.76. The first-order chi connectivity index (χ1) is 8.52. The van der Waals surface area contributed by atoms with Crippen molar-refractivity contribution in [1.82, 2.24) is 5.32 Å². The van der Waals surface area contributed by atoms with Gasteiger partial charge < -0.3 is 5.32 Å². The molecule has 18 heavy (non-hydrogen) atoms. The molecule has 0 aliphatic rings. The fraction of sp³-hybridized carbons (Fsp3) is 0.333. The highest BCUT2D eigenvalue weighted by Gasteiger charge is 2.15. The molecule has 1 heterocycles. The summed E-state index contributed by atoms with van der Waals surface area (Å²) in [5, 5.41) is 4.20. The molecule has 2 aromatic rings. The first-order valence-corrected chi connectivity index (χ1v) is 7.22. The molecule has 3 heteroatoms. The van der Waals surface area contributed by atoms with E-state index in [1.165, 1.54) is 20.9 Å². The number of nitrogens with one attached hydrogen (secondary N) is 1. The van der Waals surface area contributed by atoms with Crippen molar-refractivity contribution in [1.29, 1.82) is 0 Å². The molecule has 0 fully saturated rings. The van der Waals surface area contributed by atoms with Crippen LogP contribution in [0.3, 0.4) is 0 Å². The van der Waals surface area contributed by atoms with Crippen molar-refractivity contribution in [3.05, 3.63) is 55.7 Å². The molecule has 0 aliphatic carbocycles. The van der Waals surface area contributed by atoms with Gasteiger partial charge in [-0.3, -0.25) is 0 Å². The maximum absolute atomic E-state index is 6.21. The van der Waals surface area contributed by atoms with Gasteiger partial charge in [-0.15, -0.1) is 11.3 Å². The highest BCUT2D eigenvalue weighted by atomic mass is 35.5. The van der Waals surface area contributed by atoms with Crippen LogP contribution in [0.25, 0.3) is 0 Å². The zero-order valence-corrected chi connectivity index (χ0v) is 12.7. The molecule has 0 saturated carbocycles. The topological polar surface area (TPSA) is 12.0 Å². The van der Waals surface area contributed by atoms with Crippen molar-refractivity contribution in [3.63, 3.8) is 0 Å². The second-order valence-electron chi connectivity index (χ2n) is 4.62. The second-order valence-corrected chi connectivity index (χ2v) is 6.31. The van der Waals surface area contributed by atoms with E-state index in [0.717, 1.165) is 10.6 Å². The minimum atomic E-state index is 0.223. The number of aryl methyl sites for hydroxylation is 3. The maximum atomic E-state index is 6.21. The number of thiophene rings is 1. The van der Waals surface area contributed by atoms with Crippen LogP contribution in [0.5, 0.6) is 0 Å². The summed E-state index contributed by atoms with van der Waals surface area (Å²) in [5.74, 6) is 0. The lowest BCUT2D eigenvalue weighted by molar-refractivity contribution is 0.703. The molecule has 0 aliphatic heterocycles. The van der Waals surface area contributed by atoms with E-state index in [-0.39, 0.29) is 6.04 Å². The van der Waals surface area contributed by atoms with E-state index < -0.39 is 0 Å². The predicted octanol–water partition coefficient (Wildman–Crippen LogP) is 4.64. The van der Waals surface area contributed by atoms with E-state index in [4.69, 9.17) is 11.6 Å². The van der Waals surface area contributed by atoms with Crippen LogP contribution in [-0.2, 0) is 0 Å². The molecule has 1 nitrogen and oxygen atoms in total. The van der Waals surface area contributed by atoms with Crippen LogP contribution < -0.4 is 5.32 Å². The lowest BCUT2D eigenvalue weighted by atomic mass is 10.0. The predicted molar refractivity (Wildman–Crippen MR) is 80.9 cm³/mol. The third-order valence-corrected chi connectivity index (χ3v) is 4.91. The lowest BCUT2D eigenvalue weighted by Gasteiger charge is -2.16. The third kappa shape index (κ3) is 2.61. The largest absolute Gasteiger partial charge is 0.309 e. The van der Waals surface area contributed by atoms with Gasteiger partial charge in [-0.05, 0) is 56.6 Å². The molecule has 1 atom stereocenters. The standard InChI is InChI=1S/C15H18ClNS/c1-9-5-6-12(8-13(9)16)15(17-4)14-7-10(2)11(3)18-14/h5-8,15,17H,1-4H3. The van der Waals surface area contributed by atoms with Gasteiger partial charge in [0.2, 0.25) is 0 Å². The van der Waals surface area contributed by atoms with Crippen molar-refractivity contribution >= 4 is 22.9 Å². The summed E-state index contributed by atoms with van der Waals surface area (Å²) >= 11 is 8.06. The molecular formula is C15H18ClNS. The van der Waals surface area contributed by atoms with Gasteiger partial charge >= 0.3 is 0 Å². The molecule has 1 aromatic heterocycles. The van der Waals surface area contributed by atoms with Gasteiger partial charge in [-0.2, -0.15) is 0 Å². The van der Waals surface area contributed by atoms with Gasteiger partial charge in [0.1, 0.15) is 0 Å². The Labute approximate surface area is 118 Å². The lowest BCUT2D eigenvalue weighted by Crippen LogP contribution is -2.16. The van der Waals surface area contributed by atoms with Gasteiger partial charge in [0.15, 0.2) is 0 Å². The molecule has 1 unspecified atom stereocenters. The van der Waals surface area contributed by atoms with Crippen LogP contribution >= 0.6 is 22.9 Å². The molecule has 96 valence electrons. The van der Waals surface area contributed by atoms with Crippen molar-refractivity contribution in [2.75, 3.05) is 7.05 Å². The highest BCUT2D eigenvalue weighted by molar-refractivity contribution is 7.12. The number of hydrogen-bond acceptors (Lipinski definition) is 2. The van der Waals surface area contributed by atoms with Gasteiger partial charge in [0, 0.05) is 14.8 Å². The van der Waals surface area contributed by atoms with E-state index in [9.17, 15) is 0 Å². The van der Waals surface area contributed by atoms with Crippen LogP contribution in [0, 0.1) is 20.8 Å². The molecule has 0 amide bonds. The quantitative estimate of drug-likeness (QED) is 0.863. The normalized spacial score (nSPS) is 12.7. The Morgan fingerprint density at radius 1 is 1.11 bits per heavy atom. The van der Waals surface area contributed by atoms with Crippen molar-refractivity contribution in [2.45, 2.75) is 26.8 Å². The first-order valence-electron chi connectivity index (χ1n) is 6.03. The highest BCUT2D eigenvalue weighted by Crippen LogP contribution is 2.32. The van der Waals surface area contributed by atoms with Crippen LogP contribution in [0.15, 0.2) is 24.3 Å². The number of benzene rings is 1. The minimum absolute atomic E-state index is 0.223. The fourth-order valence-electron chi connectivity index (χ4n) is 2.01. The minimum Gasteiger partial charge on any atom is -0.309 e. The molecule has 1 aromatic carbocycles. The summed E-state index contributed by atoms with van der Waals surface area (Å²) in [6.45, 7) is 6.35. The molecule has 0 saturated heterocycles. The summed E-state index contributed by atoms with van der Waals surface area (Å²) in [4.78, 5) is 2.72. The van der Waals surface area contributed by atoms with E-state index in [2.05, 4.69) is 43.4 Å². The average Bonchev–Trinajstić information content (AvgIpc) is 2.65. The van der Waals surface area contributed by atoms with Crippen LogP contribution in [0.1, 0.15) is 32.5 Å². The van der Waals surface area contributed by atoms with Gasteiger partial charge in [0.05, 0.1) is 6.04 Å². The second kappa shape index (κ2) is 5.43. The van der Waals surface area contributed by atoms with E-state index in [0.29, 0.717) is 0 Å². The van der Waals surface area contributed by atoms with Crippen LogP contribution in [0.2, 0.25) is 5.02 Å². The number of rotatable bonds is 3. The van der Waals surface area contributed by atoms with Gasteiger partial charge in [-0.25, -0.2) is 0 Å². The van der Waals surface area contributed by atoms with Crippen LogP contribution in [0.4, 0.5) is 0 Å². The Hall–Kier alpha value is -0.830. The molecule has 1 N–H and O–H groups in total. The van der Waals surface area contributed by atoms with Gasteiger partial charge in [-0.1, -0.05) is 23.7 Å². The zero-order chi connectivity index (χ0) is 13.3. The smallest absolute Gasteiger partial charge is 0.0669 e. The Balaban J connectivity index is 2.41. The Bertz CT molecular complexity index is 540. The molecule has 0 spiro atoms. The SMILES string of the molecule is CNC(c1ccc(C)c(Cl)c1)c1cc(C)c(C)s1. The van der Waals surface area contributed by atoms with Crippen LogP contribution in [-0.4, -0.2) is 7.05 Å². The van der Waals surface area contributed by atoms with E-state index in [1.54, 1.807) is 0 Å². The first kappa shape index (κ1) is 13.6. The Morgan fingerprint density at radius 2 is 1.83 bits per heavy atom. The van der Waals surface area contributed by atoms with E-state index >= 15 is 0 Å². The fourth-order valence-corrected chi connectivity index (χ4v) is 3.38. The number of hydrogen-bond donors (Lipinski definition) is 1.